The van der Waals surface area contributed by atoms with Gasteiger partial charge in [0.25, 0.3) is 0 Å². The summed E-state index contributed by atoms with van der Waals surface area (Å²) < 4.78 is 33.5. The largest absolute Gasteiger partial charge is 0.472 e. The molecule has 8 nitrogen and oxygen atoms in total. The summed E-state index contributed by atoms with van der Waals surface area (Å²) in [5.41, 5.74) is 5.38. The first-order chi connectivity index (χ1) is 26.9. The van der Waals surface area contributed by atoms with Crippen LogP contribution in [0.25, 0.3) is 0 Å². The zero-order valence-corrected chi connectivity index (χ0v) is 37.1. The molecule has 0 aromatic heterocycles. The van der Waals surface area contributed by atoms with Crippen LogP contribution in [0.3, 0.4) is 0 Å². The topological polar surface area (TPSA) is 117 Å². The van der Waals surface area contributed by atoms with Gasteiger partial charge in [-0.1, -0.05) is 199 Å². The number of allylic oxidation sites excluding steroid dienone is 4. The number of rotatable bonds is 45. The van der Waals surface area contributed by atoms with Gasteiger partial charge < -0.3 is 20.1 Å². The summed E-state index contributed by atoms with van der Waals surface area (Å²) in [6, 6.07) is 0. The van der Waals surface area contributed by atoms with Crippen LogP contribution in [-0.4, -0.2) is 49.9 Å². The molecule has 0 aromatic carbocycles. The van der Waals surface area contributed by atoms with E-state index in [0.29, 0.717) is 13.0 Å². The third-order valence-electron chi connectivity index (χ3n) is 10.1. The standard InChI is InChI=1S/C46H90NO7P/c1-3-5-7-9-11-13-15-17-19-21-23-25-27-29-31-33-35-37-39-46(48)54-45(44-53-55(49,50)52-42-40-47)43-51-41-38-36-34-32-30-28-26-24-22-20-18-16-14-12-10-8-6-4-2/h13,15,19,21,45H,3-12,14,16-18,20,22-44,47H2,1-2H3,(H,49,50)/b15-13-,21-19-. The van der Waals surface area contributed by atoms with Crippen LogP contribution in [0.5, 0.6) is 0 Å². The van der Waals surface area contributed by atoms with Crippen molar-refractivity contribution in [1.29, 1.82) is 0 Å². The SMILES string of the molecule is CCCCCC/C=C\C/C=C\CCCCCCCCCC(=O)OC(COCCCCCCCCCCCCCCCCCCCC)COP(=O)(O)OCCN. The van der Waals surface area contributed by atoms with E-state index in [0.717, 1.165) is 44.9 Å². The molecule has 0 saturated carbocycles. The van der Waals surface area contributed by atoms with E-state index in [-0.39, 0.29) is 32.3 Å². The minimum absolute atomic E-state index is 0.0949. The zero-order chi connectivity index (χ0) is 40.2. The molecule has 0 saturated heterocycles. The van der Waals surface area contributed by atoms with Gasteiger partial charge in [-0.2, -0.15) is 0 Å². The number of carbonyl (C=O) groups excluding carboxylic acids is 1. The van der Waals surface area contributed by atoms with Gasteiger partial charge in [0.15, 0.2) is 0 Å². The van der Waals surface area contributed by atoms with Crippen molar-refractivity contribution in [1.82, 2.24) is 0 Å². The molecule has 0 amide bonds. The van der Waals surface area contributed by atoms with Gasteiger partial charge >= 0.3 is 13.8 Å². The molecule has 9 heteroatoms. The number of nitrogens with two attached hydrogens (primary N) is 1. The van der Waals surface area contributed by atoms with E-state index in [2.05, 4.69) is 38.2 Å². The van der Waals surface area contributed by atoms with Gasteiger partial charge in [-0.15, -0.1) is 0 Å². The van der Waals surface area contributed by atoms with Crippen molar-refractivity contribution in [2.45, 2.75) is 232 Å². The molecule has 0 aliphatic heterocycles. The van der Waals surface area contributed by atoms with Crippen LogP contribution in [0, 0.1) is 0 Å². The Balaban J connectivity index is 3.98. The molecule has 326 valence electrons. The second-order valence-electron chi connectivity index (χ2n) is 15.6. The van der Waals surface area contributed by atoms with Crippen LogP contribution < -0.4 is 5.73 Å². The molecule has 0 radical (unpaired) electrons. The summed E-state index contributed by atoms with van der Waals surface area (Å²) in [6.45, 7) is 4.94. The highest BCUT2D eigenvalue weighted by atomic mass is 31.2. The van der Waals surface area contributed by atoms with Crippen LogP contribution in [-0.2, 0) is 27.9 Å². The number of hydrogen-bond donors (Lipinski definition) is 2. The lowest BCUT2D eigenvalue weighted by Crippen LogP contribution is -2.28. The van der Waals surface area contributed by atoms with Gasteiger partial charge in [-0.05, 0) is 44.9 Å². The Morgan fingerprint density at radius 1 is 0.545 bits per heavy atom. The molecule has 0 heterocycles. The van der Waals surface area contributed by atoms with E-state index in [9.17, 15) is 14.3 Å². The Morgan fingerprint density at radius 3 is 1.44 bits per heavy atom. The molecular weight excluding hydrogens is 709 g/mol. The lowest BCUT2D eigenvalue weighted by Gasteiger charge is -2.20. The number of phosphoric ester groups is 1. The first-order valence-electron chi connectivity index (χ1n) is 23.3. The second-order valence-corrected chi connectivity index (χ2v) is 17.1. The average Bonchev–Trinajstić information content (AvgIpc) is 3.17. The Hall–Kier alpha value is -1.02. The zero-order valence-electron chi connectivity index (χ0n) is 36.2. The Morgan fingerprint density at radius 2 is 0.964 bits per heavy atom. The van der Waals surface area contributed by atoms with E-state index in [1.54, 1.807) is 0 Å². The number of esters is 1. The molecule has 0 aliphatic rings. The van der Waals surface area contributed by atoms with Gasteiger partial charge in [0.2, 0.25) is 0 Å². The minimum Gasteiger partial charge on any atom is -0.457 e. The fourth-order valence-electron chi connectivity index (χ4n) is 6.68. The van der Waals surface area contributed by atoms with Crippen LogP contribution >= 0.6 is 7.82 Å². The smallest absolute Gasteiger partial charge is 0.457 e. The number of unbranched alkanes of at least 4 members (excludes halogenated alkanes) is 28. The summed E-state index contributed by atoms with van der Waals surface area (Å²) in [7, 11) is -4.28. The predicted molar refractivity (Wildman–Crippen MR) is 233 cm³/mol. The molecule has 0 aliphatic carbocycles. The quantitative estimate of drug-likeness (QED) is 0.0271. The molecule has 0 spiro atoms. The number of ether oxygens (including phenoxy) is 2. The van der Waals surface area contributed by atoms with Crippen LogP contribution in [0.2, 0.25) is 0 Å². The third-order valence-corrected chi connectivity index (χ3v) is 11.1. The summed E-state index contributed by atoms with van der Waals surface area (Å²) in [5.74, 6) is -0.334. The van der Waals surface area contributed by atoms with E-state index in [1.807, 2.05) is 0 Å². The highest BCUT2D eigenvalue weighted by Crippen LogP contribution is 2.43. The molecule has 0 bridgehead atoms. The first-order valence-corrected chi connectivity index (χ1v) is 24.8. The van der Waals surface area contributed by atoms with E-state index in [4.69, 9.17) is 24.3 Å². The molecule has 0 fully saturated rings. The summed E-state index contributed by atoms with van der Waals surface area (Å²) in [5, 5.41) is 0. The second kappa shape index (κ2) is 44.1. The van der Waals surface area contributed by atoms with Crippen molar-refractivity contribution >= 4 is 13.8 Å². The van der Waals surface area contributed by atoms with Crippen molar-refractivity contribution in [2.24, 2.45) is 5.73 Å². The fraction of sp³-hybridized carbons (Fsp3) is 0.891. The minimum atomic E-state index is -4.28. The van der Waals surface area contributed by atoms with E-state index >= 15 is 0 Å². The lowest BCUT2D eigenvalue weighted by atomic mass is 10.0. The molecule has 0 rings (SSSR count). The van der Waals surface area contributed by atoms with Crippen molar-refractivity contribution in [3.8, 4) is 0 Å². The monoisotopic (exact) mass is 800 g/mol. The maximum absolute atomic E-state index is 12.6. The fourth-order valence-corrected chi connectivity index (χ4v) is 7.44. The number of phosphoric acid groups is 1. The normalized spacial score (nSPS) is 13.6. The van der Waals surface area contributed by atoms with Crippen molar-refractivity contribution < 1.29 is 32.8 Å². The van der Waals surface area contributed by atoms with Crippen molar-refractivity contribution in [3.05, 3.63) is 24.3 Å². The Labute approximate surface area is 340 Å². The highest BCUT2D eigenvalue weighted by molar-refractivity contribution is 7.47. The average molecular weight is 800 g/mol. The molecule has 2 atom stereocenters. The summed E-state index contributed by atoms with van der Waals surface area (Å²) in [6.07, 6.45) is 49.1. The predicted octanol–water partition coefficient (Wildman–Crippen LogP) is 14.0. The maximum atomic E-state index is 12.6. The molecule has 3 N–H and O–H groups in total. The molecule has 2 unspecified atom stereocenters. The third kappa shape index (κ3) is 43.9. The van der Waals surface area contributed by atoms with Gasteiger partial charge in [0.1, 0.15) is 6.10 Å². The highest BCUT2D eigenvalue weighted by Gasteiger charge is 2.25. The maximum Gasteiger partial charge on any atom is 0.472 e. The molecule has 55 heavy (non-hydrogen) atoms. The first kappa shape index (κ1) is 54.0. The summed E-state index contributed by atoms with van der Waals surface area (Å²) in [4.78, 5) is 22.5. The van der Waals surface area contributed by atoms with Gasteiger partial charge in [-0.25, -0.2) is 4.57 Å². The summed E-state index contributed by atoms with van der Waals surface area (Å²) >= 11 is 0. The molecular formula is C46H90NO7P. The van der Waals surface area contributed by atoms with Crippen molar-refractivity contribution in [3.63, 3.8) is 0 Å². The Bertz CT molecular complexity index is 900. The van der Waals surface area contributed by atoms with Crippen molar-refractivity contribution in [2.75, 3.05) is 33.0 Å². The van der Waals surface area contributed by atoms with Crippen LogP contribution in [0.1, 0.15) is 226 Å². The van der Waals surface area contributed by atoms with E-state index in [1.165, 1.54) is 161 Å². The Kier molecular flexibility index (Phi) is 43.3. The number of carbonyl (C=O) groups is 1. The van der Waals surface area contributed by atoms with E-state index < -0.39 is 13.9 Å². The van der Waals surface area contributed by atoms with Gasteiger partial charge in [-0.3, -0.25) is 13.8 Å². The lowest BCUT2D eigenvalue weighted by molar-refractivity contribution is -0.154. The van der Waals surface area contributed by atoms with Crippen LogP contribution in [0.4, 0.5) is 0 Å². The van der Waals surface area contributed by atoms with Gasteiger partial charge in [0.05, 0.1) is 19.8 Å². The van der Waals surface area contributed by atoms with Crippen LogP contribution in [0.15, 0.2) is 24.3 Å². The number of hydrogen-bond acceptors (Lipinski definition) is 7. The van der Waals surface area contributed by atoms with Gasteiger partial charge in [0, 0.05) is 19.6 Å². The molecule has 0 aromatic rings.